The van der Waals surface area contributed by atoms with E-state index < -0.39 is 29.2 Å². The lowest BCUT2D eigenvalue weighted by molar-refractivity contribution is -0.137. The Labute approximate surface area is 671 Å². The number of benzene rings is 7. The number of nitrogens with one attached hydrogen (secondary N) is 11. The summed E-state index contributed by atoms with van der Waals surface area (Å²) in [5.41, 5.74) is 8.52. The van der Waals surface area contributed by atoms with Crippen LogP contribution in [0, 0.1) is 18.6 Å². The third-order valence-corrected chi connectivity index (χ3v) is 15.6. The van der Waals surface area contributed by atoms with E-state index in [2.05, 4.69) is 123 Å². The molecule has 117 heavy (non-hydrogen) atoms. The van der Waals surface area contributed by atoms with Gasteiger partial charge in [0, 0.05) is 106 Å². The molecule has 0 fully saturated rings. The summed E-state index contributed by atoms with van der Waals surface area (Å²) < 4.78 is 79.7. The number of aryl methyl sites for hydroxylation is 1. The number of carbonyl (C=O) groups excluding carboxylic acids is 4. The molecule has 0 unspecified atom stereocenters. The standard InChI is InChI=1S/C23H25FN6O2.C22H20F3N5O2.C22H22N4O.C18H15FN6O/c1-4-21(31)26-16-7-5-8-17(13-16)27-22-20(24)15-25-23(29-22)28-18-9-6-10-19(14-18)32-12-11-30(2)3;1-3-19(31)26-12-14-7-9-15(10-8-14)28-20-18(22(23,24)25)13-27-21(30-20)29-16-5-4-6-17(11-16)32-2;1-15(2)12-20(27)17-8-7-11-19(13-17)24-21-16(3)14-23-22(26-21)25-18-9-5-4-6-10-18;1-2-16(26)22-12-5-3-6-13(9-12)23-17-15(19)11-21-18(25-17)24-14-7-4-8-20-10-14/h4-10,13-15H,1,11-12H2,2-3H3,(H,26,31)(H2,25,27,28,29);3-11,13H,1,12H2,2H3,(H,26,31)(H2,27,28,29,30);4-14H,1-3H3,(H2,23,24,25,26);2-11H,1H2,(H,22,26)(H2,21,23,24,25). The number of aromatic nitrogens is 9. The Bertz CT molecular complexity index is 5430. The number of alkyl halides is 3. The van der Waals surface area contributed by atoms with Crippen LogP contribution in [-0.2, 0) is 27.1 Å². The number of ketones is 1. The zero-order chi connectivity index (χ0) is 83.6. The molecule has 0 saturated heterocycles. The fourth-order valence-corrected chi connectivity index (χ4v) is 9.93. The number of pyridine rings is 1. The van der Waals surface area contributed by atoms with E-state index >= 15 is 0 Å². The first-order valence-electron chi connectivity index (χ1n) is 35.7. The van der Waals surface area contributed by atoms with Gasteiger partial charge < -0.3 is 72.9 Å². The third-order valence-electron chi connectivity index (χ3n) is 15.6. The number of likely N-dealkylation sites (N-methyl/N-ethyl adjacent to an activating group) is 1. The van der Waals surface area contributed by atoms with Gasteiger partial charge in [0.15, 0.2) is 29.1 Å². The average Bonchev–Trinajstić information content (AvgIpc) is 0.806. The molecule has 11 N–H and O–H groups in total. The van der Waals surface area contributed by atoms with Gasteiger partial charge in [-0.1, -0.05) is 92.0 Å². The molecule has 5 aromatic heterocycles. The van der Waals surface area contributed by atoms with Gasteiger partial charge in [0.25, 0.3) is 0 Å². The summed E-state index contributed by atoms with van der Waals surface area (Å²) in [6, 6.07) is 55.1. The molecule has 598 valence electrons. The van der Waals surface area contributed by atoms with Gasteiger partial charge >= 0.3 is 6.18 Å². The predicted molar refractivity (Wildman–Crippen MR) is 447 cm³/mol. The van der Waals surface area contributed by atoms with E-state index in [-0.39, 0.29) is 59.5 Å². The SMILES string of the molecule is C=CC(=O)NCc1ccc(Nc2nc(Nc3cccc(OC)c3)ncc2C(F)(F)F)cc1.C=CC(=O)Nc1cccc(Nc2nc(Nc3cccc(OCCN(C)C)c3)ncc2F)c1.C=CC(=O)Nc1cccc(Nc2nc(Nc3cccnc3)ncc2F)c1.CC(C)=CC(=O)c1cccc(Nc2nc(Nc3ccccc3)ncc2C)c1. The van der Waals surface area contributed by atoms with Gasteiger partial charge in [-0.25, -0.2) is 28.7 Å². The van der Waals surface area contributed by atoms with Gasteiger partial charge in [0.2, 0.25) is 41.5 Å². The van der Waals surface area contributed by atoms with Crippen molar-refractivity contribution in [2.24, 2.45) is 0 Å². The number of rotatable bonds is 30. The van der Waals surface area contributed by atoms with Crippen molar-refractivity contribution in [2.45, 2.75) is 33.5 Å². The third kappa shape index (κ3) is 28.4. The van der Waals surface area contributed by atoms with Crippen molar-refractivity contribution >= 4 is 127 Å². The Hall–Kier alpha value is -15.3. The van der Waals surface area contributed by atoms with Crippen molar-refractivity contribution in [1.82, 2.24) is 55.1 Å². The molecule has 5 heterocycles. The molecule has 0 spiro atoms. The quantitative estimate of drug-likeness (QED) is 0.0113. The highest BCUT2D eigenvalue weighted by molar-refractivity contribution is 6.05. The van der Waals surface area contributed by atoms with E-state index in [1.807, 2.05) is 119 Å². The van der Waals surface area contributed by atoms with E-state index in [1.54, 1.807) is 134 Å². The summed E-state index contributed by atoms with van der Waals surface area (Å²) in [7, 11) is 5.47. The van der Waals surface area contributed by atoms with Crippen molar-refractivity contribution in [3.63, 3.8) is 0 Å². The van der Waals surface area contributed by atoms with Crippen molar-refractivity contribution < 1.29 is 50.6 Å². The molecule has 32 heteroatoms. The Morgan fingerprint density at radius 2 is 0.906 bits per heavy atom. The van der Waals surface area contributed by atoms with E-state index in [1.165, 1.54) is 19.3 Å². The van der Waals surface area contributed by atoms with E-state index in [4.69, 9.17) is 9.47 Å². The first-order valence-corrected chi connectivity index (χ1v) is 35.7. The van der Waals surface area contributed by atoms with Crippen LogP contribution in [0.1, 0.15) is 40.9 Å². The minimum Gasteiger partial charge on any atom is -0.497 e. The molecule has 7 aromatic carbocycles. The number of halogens is 5. The van der Waals surface area contributed by atoms with E-state index in [9.17, 15) is 41.1 Å². The number of para-hydroxylation sites is 1. The highest BCUT2D eigenvalue weighted by atomic mass is 19.4. The van der Waals surface area contributed by atoms with Gasteiger partial charge in [-0.2, -0.15) is 33.1 Å². The van der Waals surface area contributed by atoms with Crippen LogP contribution in [-0.4, -0.2) is 108 Å². The smallest absolute Gasteiger partial charge is 0.421 e. The Balaban J connectivity index is 0.000000179. The number of anilines is 18. The van der Waals surface area contributed by atoms with Gasteiger partial charge in [0.05, 0.1) is 31.4 Å². The van der Waals surface area contributed by atoms with Gasteiger partial charge in [-0.05, 0) is 174 Å². The summed E-state index contributed by atoms with van der Waals surface area (Å²) in [6.45, 7) is 17.6. The maximum atomic E-state index is 14.3. The lowest BCUT2D eigenvalue weighted by Gasteiger charge is -2.15. The molecule has 0 atom stereocenters. The summed E-state index contributed by atoms with van der Waals surface area (Å²) in [5, 5.41) is 31.7. The lowest BCUT2D eigenvalue weighted by atomic mass is 10.1. The molecule has 0 saturated carbocycles. The van der Waals surface area contributed by atoms with E-state index in [0.717, 1.165) is 59.3 Å². The number of ether oxygens (including phenoxy) is 2. The molecular weight excluding hydrogens is 1510 g/mol. The molecular formula is C85H82F5N21O6. The predicted octanol–water partition coefficient (Wildman–Crippen LogP) is 18.0. The fraction of sp³-hybridized carbons (Fsp3) is 0.118. The van der Waals surface area contributed by atoms with Gasteiger partial charge in [0.1, 0.15) is 35.3 Å². The van der Waals surface area contributed by atoms with Gasteiger partial charge in [-0.3, -0.25) is 24.2 Å². The molecule has 27 nitrogen and oxygen atoms in total. The first kappa shape index (κ1) is 85.7. The van der Waals surface area contributed by atoms with Crippen LogP contribution in [0.2, 0.25) is 0 Å². The molecule has 0 radical (unpaired) electrons. The largest absolute Gasteiger partial charge is 0.497 e. The summed E-state index contributed by atoms with van der Waals surface area (Å²) >= 11 is 0. The molecule has 0 bridgehead atoms. The maximum Gasteiger partial charge on any atom is 0.421 e. The highest BCUT2D eigenvalue weighted by Gasteiger charge is 2.35. The monoisotopic (exact) mass is 1590 g/mol. The number of hydrogen-bond donors (Lipinski definition) is 11. The molecule has 0 aliphatic rings. The second-order valence-electron chi connectivity index (χ2n) is 25.3. The van der Waals surface area contributed by atoms with Crippen LogP contribution >= 0.6 is 0 Å². The molecule has 0 aliphatic carbocycles. The average molecular weight is 1590 g/mol. The van der Waals surface area contributed by atoms with Crippen molar-refractivity contribution in [3.8, 4) is 11.5 Å². The summed E-state index contributed by atoms with van der Waals surface area (Å²) in [6.07, 6.45) is 8.35. The number of hydrogen-bond acceptors (Lipinski definition) is 24. The zero-order valence-corrected chi connectivity index (χ0v) is 64.2. The van der Waals surface area contributed by atoms with Crippen LogP contribution in [0.5, 0.6) is 11.5 Å². The number of allylic oxidation sites excluding steroid dienone is 2. The minimum atomic E-state index is -4.65. The second kappa shape index (κ2) is 42.9. The van der Waals surface area contributed by atoms with E-state index in [0.29, 0.717) is 80.9 Å². The lowest BCUT2D eigenvalue weighted by Crippen LogP contribution is -2.19. The molecule has 12 rings (SSSR count). The van der Waals surface area contributed by atoms with Crippen LogP contribution in [0.25, 0.3) is 0 Å². The van der Waals surface area contributed by atoms with Crippen LogP contribution in [0.15, 0.2) is 275 Å². The normalized spacial score (nSPS) is 10.4. The maximum absolute atomic E-state index is 14.3. The second-order valence-corrected chi connectivity index (χ2v) is 25.3. The summed E-state index contributed by atoms with van der Waals surface area (Å²) in [5.74, 6) is 0.265. The summed E-state index contributed by atoms with van der Waals surface area (Å²) in [4.78, 5) is 85.3. The molecule has 12 aromatic rings. The Morgan fingerprint density at radius 3 is 1.44 bits per heavy atom. The van der Waals surface area contributed by atoms with Crippen LogP contribution in [0.4, 0.5) is 126 Å². The van der Waals surface area contributed by atoms with Crippen molar-refractivity contribution in [3.05, 3.63) is 309 Å². The Kier molecular flexibility index (Phi) is 31.4. The molecule has 0 aliphatic heterocycles. The molecule has 3 amide bonds. The number of carbonyl (C=O) groups is 4. The number of amides is 3. The van der Waals surface area contributed by atoms with Crippen LogP contribution < -0.4 is 68.0 Å². The topological polar surface area (TPSA) is 338 Å². The highest BCUT2D eigenvalue weighted by Crippen LogP contribution is 2.36. The fourth-order valence-electron chi connectivity index (χ4n) is 9.93. The number of methoxy groups -OCH3 is 1. The van der Waals surface area contributed by atoms with Crippen LogP contribution in [0.3, 0.4) is 0 Å². The Morgan fingerprint density at radius 1 is 0.462 bits per heavy atom. The minimum absolute atomic E-state index is 0.00131. The zero-order valence-electron chi connectivity index (χ0n) is 64.2. The van der Waals surface area contributed by atoms with Gasteiger partial charge in [-0.15, -0.1) is 0 Å². The first-order chi connectivity index (χ1) is 56.3. The number of nitrogens with zero attached hydrogens (tertiary/aromatic N) is 10. The van der Waals surface area contributed by atoms with Crippen molar-refractivity contribution in [2.75, 3.05) is 87.5 Å². The van der Waals surface area contributed by atoms with Crippen molar-refractivity contribution in [1.29, 1.82) is 0 Å².